The molecule has 0 unspecified atom stereocenters. The lowest BCUT2D eigenvalue weighted by Crippen LogP contribution is -2.41. The number of alkyl halides is 3. The molecule has 0 aliphatic heterocycles. The fourth-order valence-electron chi connectivity index (χ4n) is 3.55. The van der Waals surface area contributed by atoms with Crippen molar-refractivity contribution in [2.24, 2.45) is 5.41 Å². The summed E-state index contributed by atoms with van der Waals surface area (Å²) in [6.07, 6.45) is -3.10. The number of rotatable bonds is 7. The number of aromatic amines is 1. The van der Waals surface area contributed by atoms with Crippen molar-refractivity contribution >= 4 is 20.9 Å². The lowest BCUT2D eigenvalue weighted by Gasteiger charge is -2.35. The fourth-order valence-corrected chi connectivity index (χ4v) is 4.67. The van der Waals surface area contributed by atoms with Crippen molar-refractivity contribution < 1.29 is 21.6 Å². The largest absolute Gasteiger partial charge is 0.404 e. The van der Waals surface area contributed by atoms with Crippen LogP contribution in [0.2, 0.25) is 0 Å². The summed E-state index contributed by atoms with van der Waals surface area (Å²) in [5.41, 5.74) is 2.02. The van der Waals surface area contributed by atoms with E-state index in [9.17, 15) is 21.6 Å². The molecule has 0 bridgehead atoms. The summed E-state index contributed by atoms with van der Waals surface area (Å²) in [5, 5.41) is 7.80. The van der Waals surface area contributed by atoms with Crippen LogP contribution in [-0.4, -0.2) is 37.1 Å². The van der Waals surface area contributed by atoms with Gasteiger partial charge in [-0.25, -0.2) is 13.1 Å². The lowest BCUT2D eigenvalue weighted by atomic mass is 9.71. The maximum atomic E-state index is 12.5. The van der Waals surface area contributed by atoms with Crippen LogP contribution in [0.25, 0.3) is 10.9 Å². The molecule has 2 N–H and O–H groups in total. The number of nitrogens with zero attached hydrogens (tertiary/aromatic N) is 1. The first-order chi connectivity index (χ1) is 13.5. The van der Waals surface area contributed by atoms with Crippen LogP contribution >= 0.6 is 0 Å². The lowest BCUT2D eigenvalue weighted by molar-refractivity contribution is -0.106. The van der Waals surface area contributed by atoms with Crippen LogP contribution in [0.3, 0.4) is 0 Å². The standard InChI is InChI=1S/C20H22F3N3O2S/c1-19(2,12-25-29(27,28)13-20(21,22)23)18(14-6-4-3-5-7-14)15-8-9-17-16(10-15)11-24-26-17/h3-11,18,25H,12-13H2,1-2H3,(H,24,26)/t18-/m1/s1. The van der Waals surface area contributed by atoms with Gasteiger partial charge < -0.3 is 0 Å². The second kappa shape index (κ2) is 7.79. The van der Waals surface area contributed by atoms with Gasteiger partial charge in [0.1, 0.15) is 0 Å². The van der Waals surface area contributed by atoms with Gasteiger partial charge in [-0.2, -0.15) is 18.3 Å². The second-order valence-electron chi connectivity index (χ2n) is 7.74. The molecule has 9 heteroatoms. The number of aromatic nitrogens is 2. The zero-order valence-electron chi connectivity index (χ0n) is 16.0. The first kappa shape index (κ1) is 21.3. The van der Waals surface area contributed by atoms with Crippen LogP contribution in [0, 0.1) is 5.41 Å². The molecule has 0 saturated carbocycles. The summed E-state index contributed by atoms with van der Waals surface area (Å²) < 4.78 is 63.6. The molecule has 0 amide bonds. The summed E-state index contributed by atoms with van der Waals surface area (Å²) in [7, 11) is -4.49. The van der Waals surface area contributed by atoms with Gasteiger partial charge in [-0.1, -0.05) is 50.2 Å². The van der Waals surface area contributed by atoms with Crippen molar-refractivity contribution in [3.8, 4) is 0 Å². The van der Waals surface area contributed by atoms with E-state index in [1.807, 2.05) is 62.4 Å². The number of fused-ring (bicyclic) bond motifs is 1. The van der Waals surface area contributed by atoms with Crippen molar-refractivity contribution in [2.75, 3.05) is 12.3 Å². The third-order valence-corrected chi connectivity index (χ3v) is 6.10. The Bertz CT molecular complexity index is 1080. The Kier molecular flexibility index (Phi) is 5.73. The van der Waals surface area contributed by atoms with Crippen molar-refractivity contribution in [1.29, 1.82) is 0 Å². The Balaban J connectivity index is 1.94. The average Bonchev–Trinajstić information content (AvgIpc) is 3.07. The predicted octanol–water partition coefficient (Wildman–Crippen LogP) is 4.20. The third kappa shape index (κ3) is 5.36. The van der Waals surface area contributed by atoms with E-state index in [-0.39, 0.29) is 12.5 Å². The molecule has 0 saturated heterocycles. The first-order valence-corrected chi connectivity index (χ1v) is 10.6. The van der Waals surface area contributed by atoms with Crippen LogP contribution in [-0.2, 0) is 10.0 Å². The van der Waals surface area contributed by atoms with Gasteiger partial charge in [-0.15, -0.1) is 0 Å². The van der Waals surface area contributed by atoms with Crippen LogP contribution in [0.1, 0.15) is 30.9 Å². The van der Waals surface area contributed by atoms with Gasteiger partial charge in [0.15, 0.2) is 5.75 Å². The molecule has 0 aliphatic carbocycles. The topological polar surface area (TPSA) is 74.8 Å². The van der Waals surface area contributed by atoms with E-state index in [1.54, 1.807) is 6.20 Å². The van der Waals surface area contributed by atoms with E-state index >= 15 is 0 Å². The van der Waals surface area contributed by atoms with Crippen molar-refractivity contribution in [1.82, 2.24) is 14.9 Å². The first-order valence-electron chi connectivity index (χ1n) is 8.99. The van der Waals surface area contributed by atoms with Gasteiger partial charge in [0.25, 0.3) is 0 Å². The summed E-state index contributed by atoms with van der Waals surface area (Å²) in [6, 6.07) is 15.3. The van der Waals surface area contributed by atoms with E-state index in [4.69, 9.17) is 0 Å². The number of benzene rings is 2. The van der Waals surface area contributed by atoms with Gasteiger partial charge in [0, 0.05) is 17.8 Å². The minimum Gasteiger partial charge on any atom is -0.278 e. The summed E-state index contributed by atoms with van der Waals surface area (Å²) in [6.45, 7) is 3.52. The molecule has 0 radical (unpaired) electrons. The molecular formula is C20H22F3N3O2S. The Morgan fingerprint density at radius 3 is 2.41 bits per heavy atom. The number of hydrogen-bond donors (Lipinski definition) is 2. The van der Waals surface area contributed by atoms with Crippen molar-refractivity contribution in [3.05, 3.63) is 65.9 Å². The zero-order chi connectivity index (χ0) is 21.3. The molecule has 0 aliphatic rings. The molecule has 29 heavy (non-hydrogen) atoms. The Labute approximate surface area is 167 Å². The number of halogens is 3. The highest BCUT2D eigenvalue weighted by Gasteiger charge is 2.38. The minimum atomic E-state index is -4.79. The third-order valence-electron chi connectivity index (χ3n) is 4.81. The van der Waals surface area contributed by atoms with Crippen LogP contribution in [0.4, 0.5) is 13.2 Å². The monoisotopic (exact) mass is 425 g/mol. The molecule has 156 valence electrons. The van der Waals surface area contributed by atoms with E-state index in [1.165, 1.54) is 0 Å². The van der Waals surface area contributed by atoms with E-state index < -0.39 is 27.4 Å². The Hall–Kier alpha value is -2.39. The van der Waals surface area contributed by atoms with E-state index in [0.29, 0.717) is 0 Å². The molecule has 5 nitrogen and oxygen atoms in total. The van der Waals surface area contributed by atoms with Gasteiger partial charge >= 0.3 is 6.18 Å². The summed E-state index contributed by atoms with van der Waals surface area (Å²) in [5.74, 6) is -2.15. The highest BCUT2D eigenvalue weighted by molar-refractivity contribution is 7.89. The van der Waals surface area contributed by atoms with Crippen LogP contribution < -0.4 is 4.72 Å². The summed E-state index contributed by atoms with van der Waals surface area (Å²) in [4.78, 5) is 0. The van der Waals surface area contributed by atoms with Crippen LogP contribution in [0.15, 0.2) is 54.7 Å². The molecular weight excluding hydrogens is 403 g/mol. The molecule has 1 heterocycles. The molecule has 1 aromatic heterocycles. The molecule has 0 spiro atoms. The fraction of sp³-hybridized carbons (Fsp3) is 0.350. The minimum absolute atomic E-state index is 0.144. The number of hydrogen-bond acceptors (Lipinski definition) is 3. The van der Waals surface area contributed by atoms with Gasteiger partial charge in [0.05, 0.1) is 11.7 Å². The van der Waals surface area contributed by atoms with Crippen molar-refractivity contribution in [2.45, 2.75) is 25.9 Å². The number of nitrogens with one attached hydrogen (secondary N) is 2. The molecule has 0 fully saturated rings. The quantitative estimate of drug-likeness (QED) is 0.596. The van der Waals surface area contributed by atoms with Gasteiger partial charge in [0.2, 0.25) is 10.0 Å². The van der Waals surface area contributed by atoms with E-state index in [0.717, 1.165) is 22.0 Å². The average molecular weight is 425 g/mol. The van der Waals surface area contributed by atoms with E-state index in [2.05, 4.69) is 14.9 Å². The SMILES string of the molecule is CC(C)(CNS(=O)(=O)CC(F)(F)F)[C@H](c1ccccc1)c1ccc2[nH]ncc2c1. The van der Waals surface area contributed by atoms with Gasteiger partial charge in [-0.05, 0) is 28.7 Å². The van der Waals surface area contributed by atoms with Gasteiger partial charge in [-0.3, -0.25) is 5.10 Å². The molecule has 3 aromatic rings. The molecule has 2 aromatic carbocycles. The zero-order valence-corrected chi connectivity index (χ0v) is 16.8. The predicted molar refractivity (Wildman–Crippen MR) is 106 cm³/mol. The smallest absolute Gasteiger partial charge is 0.278 e. The molecule has 1 atom stereocenters. The summed E-state index contributed by atoms with van der Waals surface area (Å²) >= 11 is 0. The second-order valence-corrected chi connectivity index (χ2v) is 9.55. The Morgan fingerprint density at radius 1 is 1.07 bits per heavy atom. The highest BCUT2D eigenvalue weighted by atomic mass is 32.2. The number of H-pyrrole nitrogens is 1. The normalized spacial score (nSPS) is 14.2. The Morgan fingerprint density at radius 2 is 1.76 bits per heavy atom. The van der Waals surface area contributed by atoms with Crippen molar-refractivity contribution in [3.63, 3.8) is 0 Å². The maximum absolute atomic E-state index is 12.5. The maximum Gasteiger partial charge on any atom is 0.404 e. The van der Waals surface area contributed by atoms with Crippen LogP contribution in [0.5, 0.6) is 0 Å². The highest BCUT2D eigenvalue weighted by Crippen LogP contribution is 2.41. The molecule has 3 rings (SSSR count). The number of sulfonamides is 1.